The first kappa shape index (κ1) is 15.5. The predicted molar refractivity (Wildman–Crippen MR) is 84.4 cm³/mol. The Balaban J connectivity index is 1.70. The van der Waals surface area contributed by atoms with Crippen LogP contribution >= 0.6 is 0 Å². The molecule has 1 N–H and O–H groups in total. The highest BCUT2D eigenvalue weighted by atomic mass is 16.6. The first-order valence-electron chi connectivity index (χ1n) is 7.76. The minimum atomic E-state index is -0.0798. The summed E-state index contributed by atoms with van der Waals surface area (Å²) in [6, 6.07) is 8.22. The van der Waals surface area contributed by atoms with Crippen molar-refractivity contribution in [1.29, 1.82) is 0 Å². The molecule has 1 aromatic rings. The van der Waals surface area contributed by atoms with E-state index >= 15 is 0 Å². The van der Waals surface area contributed by atoms with Crippen LogP contribution in [0.5, 0.6) is 0 Å². The van der Waals surface area contributed by atoms with E-state index in [4.69, 9.17) is 4.84 Å². The molecule has 0 spiro atoms. The van der Waals surface area contributed by atoms with Crippen molar-refractivity contribution < 1.29 is 9.63 Å². The van der Waals surface area contributed by atoms with Crippen LogP contribution in [0.2, 0.25) is 0 Å². The van der Waals surface area contributed by atoms with Gasteiger partial charge in [-0.1, -0.05) is 55.1 Å². The van der Waals surface area contributed by atoms with Crippen molar-refractivity contribution in [3.63, 3.8) is 0 Å². The zero-order valence-corrected chi connectivity index (χ0v) is 12.7. The molecule has 4 heteroatoms. The summed E-state index contributed by atoms with van der Waals surface area (Å²) in [5.41, 5.74) is 2.13. The Morgan fingerprint density at radius 3 is 2.71 bits per heavy atom. The van der Waals surface area contributed by atoms with Gasteiger partial charge in [-0.2, -0.15) is 0 Å². The summed E-state index contributed by atoms with van der Waals surface area (Å²) in [5, 5.41) is 6.90. The number of carbonyl (C=O) groups is 1. The maximum Gasteiger partial charge on any atom is 0.260 e. The van der Waals surface area contributed by atoms with Gasteiger partial charge in [0, 0.05) is 6.04 Å². The Kier molecular flexibility index (Phi) is 6.25. The van der Waals surface area contributed by atoms with Gasteiger partial charge in [0.15, 0.2) is 6.61 Å². The van der Waals surface area contributed by atoms with Crippen molar-refractivity contribution in [2.45, 2.75) is 51.5 Å². The van der Waals surface area contributed by atoms with Crippen LogP contribution < -0.4 is 5.32 Å². The van der Waals surface area contributed by atoms with E-state index in [0.717, 1.165) is 24.0 Å². The highest BCUT2D eigenvalue weighted by Crippen LogP contribution is 2.17. The number of amides is 1. The Morgan fingerprint density at radius 1 is 1.29 bits per heavy atom. The van der Waals surface area contributed by atoms with E-state index < -0.39 is 0 Å². The molecule has 0 aromatic heterocycles. The molecule has 0 bridgehead atoms. The Labute approximate surface area is 126 Å². The second-order valence-corrected chi connectivity index (χ2v) is 5.62. The Morgan fingerprint density at radius 2 is 2.00 bits per heavy atom. The minimum Gasteiger partial charge on any atom is -0.386 e. The highest BCUT2D eigenvalue weighted by molar-refractivity contribution is 5.81. The Bertz CT molecular complexity index is 477. The van der Waals surface area contributed by atoms with Crippen molar-refractivity contribution in [3.8, 4) is 0 Å². The van der Waals surface area contributed by atoms with Crippen molar-refractivity contribution in [3.05, 3.63) is 35.4 Å². The van der Waals surface area contributed by atoms with Crippen molar-refractivity contribution in [2.75, 3.05) is 6.61 Å². The second-order valence-electron chi connectivity index (χ2n) is 5.62. The molecule has 0 heterocycles. The lowest BCUT2D eigenvalue weighted by atomic mass is 10.1. The number of carbonyl (C=O) groups excluding carboxylic acids is 1. The van der Waals surface area contributed by atoms with E-state index in [1.165, 1.54) is 25.7 Å². The van der Waals surface area contributed by atoms with Crippen LogP contribution in [0.3, 0.4) is 0 Å². The molecule has 4 nitrogen and oxygen atoms in total. The molecule has 0 atom stereocenters. The molecular formula is C17H24N2O2. The smallest absolute Gasteiger partial charge is 0.260 e. The molecule has 0 aliphatic heterocycles. The third-order valence-electron chi connectivity index (χ3n) is 3.87. The van der Waals surface area contributed by atoms with Crippen molar-refractivity contribution >= 4 is 12.1 Å². The van der Waals surface area contributed by atoms with E-state index in [1.54, 1.807) is 6.21 Å². The molecule has 1 aromatic carbocycles. The predicted octanol–water partition coefficient (Wildman–Crippen LogP) is 3.18. The van der Waals surface area contributed by atoms with Crippen LogP contribution in [-0.2, 0) is 9.63 Å². The van der Waals surface area contributed by atoms with Gasteiger partial charge < -0.3 is 10.2 Å². The number of oxime groups is 1. The standard InChI is InChI=1S/C17H24N2O2/c1-14-8-6-7-9-15(14)12-18-21-13-17(20)19-16-10-4-2-3-5-11-16/h6-9,12,16H,2-5,10-11,13H2,1H3,(H,19,20). The average molecular weight is 288 g/mol. The van der Waals surface area contributed by atoms with E-state index in [0.29, 0.717) is 6.04 Å². The van der Waals surface area contributed by atoms with Crippen molar-refractivity contribution in [1.82, 2.24) is 5.32 Å². The van der Waals surface area contributed by atoms with Gasteiger partial charge in [0.1, 0.15) is 0 Å². The molecule has 1 fully saturated rings. The van der Waals surface area contributed by atoms with Crippen LogP contribution in [0.15, 0.2) is 29.4 Å². The zero-order chi connectivity index (χ0) is 14.9. The third-order valence-corrected chi connectivity index (χ3v) is 3.87. The van der Waals surface area contributed by atoms with Gasteiger partial charge >= 0.3 is 0 Å². The fourth-order valence-electron chi connectivity index (χ4n) is 2.61. The fourth-order valence-corrected chi connectivity index (χ4v) is 2.61. The van der Waals surface area contributed by atoms with E-state index in [9.17, 15) is 4.79 Å². The highest BCUT2D eigenvalue weighted by Gasteiger charge is 2.14. The first-order valence-corrected chi connectivity index (χ1v) is 7.76. The van der Waals surface area contributed by atoms with Crippen LogP contribution in [0, 0.1) is 6.92 Å². The van der Waals surface area contributed by atoms with Gasteiger partial charge in [0.05, 0.1) is 6.21 Å². The maximum atomic E-state index is 11.8. The van der Waals surface area contributed by atoms with Gasteiger partial charge in [-0.15, -0.1) is 0 Å². The molecule has 1 amide bonds. The molecule has 1 aliphatic carbocycles. The van der Waals surface area contributed by atoms with Crippen LogP contribution in [0.1, 0.15) is 49.7 Å². The van der Waals surface area contributed by atoms with E-state index in [2.05, 4.69) is 10.5 Å². The van der Waals surface area contributed by atoms with Crippen LogP contribution in [-0.4, -0.2) is 24.8 Å². The minimum absolute atomic E-state index is 0.0150. The number of nitrogens with one attached hydrogen (secondary N) is 1. The number of benzene rings is 1. The summed E-state index contributed by atoms with van der Waals surface area (Å²) in [6.45, 7) is 2.00. The molecule has 114 valence electrons. The molecule has 2 rings (SSSR count). The maximum absolute atomic E-state index is 11.8. The molecule has 21 heavy (non-hydrogen) atoms. The summed E-state index contributed by atoms with van der Waals surface area (Å²) < 4.78 is 0. The van der Waals surface area contributed by atoms with Gasteiger partial charge in [-0.25, -0.2) is 0 Å². The molecule has 0 saturated heterocycles. The number of hydrogen-bond acceptors (Lipinski definition) is 3. The molecule has 0 radical (unpaired) electrons. The van der Waals surface area contributed by atoms with E-state index in [-0.39, 0.29) is 12.5 Å². The lowest BCUT2D eigenvalue weighted by molar-refractivity contribution is -0.126. The lowest BCUT2D eigenvalue weighted by Crippen LogP contribution is -2.36. The third kappa shape index (κ3) is 5.58. The van der Waals surface area contributed by atoms with Gasteiger partial charge in [-0.3, -0.25) is 4.79 Å². The topological polar surface area (TPSA) is 50.7 Å². The number of nitrogens with zero attached hydrogens (tertiary/aromatic N) is 1. The summed E-state index contributed by atoms with van der Waals surface area (Å²) in [6.07, 6.45) is 8.78. The Hall–Kier alpha value is -1.84. The number of hydrogen-bond donors (Lipinski definition) is 1. The largest absolute Gasteiger partial charge is 0.386 e. The molecule has 0 unspecified atom stereocenters. The van der Waals surface area contributed by atoms with Gasteiger partial charge in [0.25, 0.3) is 5.91 Å². The van der Waals surface area contributed by atoms with Crippen LogP contribution in [0.25, 0.3) is 0 Å². The van der Waals surface area contributed by atoms with Gasteiger partial charge in [-0.05, 0) is 30.9 Å². The summed E-state index contributed by atoms with van der Waals surface area (Å²) in [5.74, 6) is -0.0798. The summed E-state index contributed by atoms with van der Waals surface area (Å²) in [7, 11) is 0. The summed E-state index contributed by atoms with van der Waals surface area (Å²) in [4.78, 5) is 16.9. The van der Waals surface area contributed by atoms with Crippen LogP contribution in [0.4, 0.5) is 0 Å². The van der Waals surface area contributed by atoms with Gasteiger partial charge in [0.2, 0.25) is 0 Å². The van der Waals surface area contributed by atoms with E-state index in [1.807, 2.05) is 31.2 Å². The average Bonchev–Trinajstić information content (AvgIpc) is 2.74. The SMILES string of the molecule is Cc1ccccc1C=NOCC(=O)NC1CCCCCC1. The molecular weight excluding hydrogens is 264 g/mol. The fraction of sp³-hybridized carbons (Fsp3) is 0.529. The number of rotatable bonds is 5. The summed E-state index contributed by atoms with van der Waals surface area (Å²) >= 11 is 0. The zero-order valence-electron chi connectivity index (χ0n) is 12.7. The first-order chi connectivity index (χ1) is 10.3. The second kappa shape index (κ2) is 8.45. The normalized spacial score (nSPS) is 16.6. The quantitative estimate of drug-likeness (QED) is 0.514. The molecule has 1 aliphatic rings. The molecule has 1 saturated carbocycles. The number of aryl methyl sites for hydroxylation is 1. The monoisotopic (exact) mass is 288 g/mol. The van der Waals surface area contributed by atoms with Crippen molar-refractivity contribution in [2.24, 2.45) is 5.16 Å². The lowest BCUT2D eigenvalue weighted by Gasteiger charge is -2.15.